The van der Waals surface area contributed by atoms with Gasteiger partial charge in [-0.2, -0.15) is 0 Å². The minimum absolute atomic E-state index is 0.476. The summed E-state index contributed by atoms with van der Waals surface area (Å²) in [7, 11) is 0. The molecule has 0 unspecified atom stereocenters. The number of aromatic nitrogens is 2. The van der Waals surface area contributed by atoms with Crippen LogP contribution in [-0.4, -0.2) is 26.2 Å². The van der Waals surface area contributed by atoms with Crippen LogP contribution in [0.15, 0.2) is 17.8 Å². The first kappa shape index (κ1) is 12.3. The highest BCUT2D eigenvalue weighted by Gasteiger charge is 2.35. The van der Waals surface area contributed by atoms with Gasteiger partial charge in [0.25, 0.3) is 0 Å². The van der Waals surface area contributed by atoms with Crippen LogP contribution in [0.5, 0.6) is 0 Å². The predicted molar refractivity (Wildman–Crippen MR) is 71.4 cm³/mol. The second kappa shape index (κ2) is 3.92. The van der Waals surface area contributed by atoms with Gasteiger partial charge in [-0.1, -0.05) is 0 Å². The van der Waals surface area contributed by atoms with E-state index in [-0.39, 0.29) is 0 Å². The lowest BCUT2D eigenvalue weighted by Gasteiger charge is -2.38. The van der Waals surface area contributed by atoms with Crippen molar-refractivity contribution in [3.63, 3.8) is 0 Å². The van der Waals surface area contributed by atoms with Gasteiger partial charge >= 0.3 is 0 Å². The molecule has 4 nitrogen and oxygen atoms in total. The minimum Gasteiger partial charge on any atom is -0.388 e. The van der Waals surface area contributed by atoms with E-state index in [1.807, 2.05) is 25.3 Å². The second-order valence-corrected chi connectivity index (χ2v) is 6.07. The van der Waals surface area contributed by atoms with Crippen LogP contribution in [-0.2, 0) is 0 Å². The van der Waals surface area contributed by atoms with Gasteiger partial charge in [0.05, 0.1) is 16.5 Å². The highest BCUT2D eigenvalue weighted by atomic mass is 32.1. The highest BCUT2D eigenvalue weighted by molar-refractivity contribution is 7.16. The first-order valence-corrected chi connectivity index (χ1v) is 6.38. The van der Waals surface area contributed by atoms with E-state index in [2.05, 4.69) is 15.3 Å². The van der Waals surface area contributed by atoms with Gasteiger partial charge in [0.1, 0.15) is 17.0 Å². The largest absolute Gasteiger partial charge is 0.388 e. The lowest BCUT2D eigenvalue weighted by molar-refractivity contribution is 0.0239. The summed E-state index contributed by atoms with van der Waals surface area (Å²) < 4.78 is 0. The summed E-state index contributed by atoms with van der Waals surface area (Å²) in [5, 5.41) is 16.4. The fourth-order valence-corrected chi connectivity index (χ4v) is 2.07. The number of fused-ring (bicyclic) bond motifs is 1. The number of anilines is 1. The molecule has 0 aromatic carbocycles. The Kier molecular flexibility index (Phi) is 2.83. The van der Waals surface area contributed by atoms with E-state index < -0.39 is 11.1 Å². The third-order valence-electron chi connectivity index (χ3n) is 3.22. The summed E-state index contributed by atoms with van der Waals surface area (Å²) in [5.74, 6) is 0.767. The van der Waals surface area contributed by atoms with Gasteiger partial charge in [-0.15, -0.1) is 11.3 Å². The molecule has 5 heteroatoms. The van der Waals surface area contributed by atoms with Crippen molar-refractivity contribution in [3.05, 3.63) is 17.8 Å². The summed E-state index contributed by atoms with van der Waals surface area (Å²) in [4.78, 5) is 9.40. The Balaban J connectivity index is 2.39. The van der Waals surface area contributed by atoms with E-state index in [4.69, 9.17) is 0 Å². The quantitative estimate of drug-likeness (QED) is 0.880. The molecule has 0 radical (unpaired) electrons. The van der Waals surface area contributed by atoms with Crippen LogP contribution in [0.2, 0.25) is 0 Å². The standard InChI is InChI=1S/C12H17N3OS/c1-11(2,12(3,4)16)15-9-8-5-6-17-10(8)14-7-13-9/h5-7,16H,1-4H3,(H,13,14,15). The highest BCUT2D eigenvalue weighted by Crippen LogP contribution is 2.29. The lowest BCUT2D eigenvalue weighted by atomic mass is 9.86. The van der Waals surface area contributed by atoms with Crippen LogP contribution in [0, 0.1) is 0 Å². The third-order valence-corrected chi connectivity index (χ3v) is 4.04. The molecule has 0 aliphatic carbocycles. The van der Waals surface area contributed by atoms with Crippen LogP contribution in [0.25, 0.3) is 10.2 Å². The van der Waals surface area contributed by atoms with Gasteiger partial charge < -0.3 is 10.4 Å². The van der Waals surface area contributed by atoms with Crippen LogP contribution >= 0.6 is 11.3 Å². The molecule has 2 rings (SSSR count). The van der Waals surface area contributed by atoms with Crippen molar-refractivity contribution >= 4 is 27.4 Å². The van der Waals surface area contributed by atoms with Gasteiger partial charge in [0.15, 0.2) is 0 Å². The Morgan fingerprint density at radius 2 is 1.94 bits per heavy atom. The van der Waals surface area contributed by atoms with Gasteiger partial charge in [0, 0.05) is 0 Å². The molecule has 0 saturated heterocycles. The van der Waals surface area contributed by atoms with Crippen LogP contribution < -0.4 is 5.32 Å². The predicted octanol–water partition coefficient (Wildman–Crippen LogP) is 2.65. The zero-order chi connectivity index (χ0) is 12.7. The Bertz CT molecular complexity index is 528. The smallest absolute Gasteiger partial charge is 0.138 e. The molecule has 92 valence electrons. The van der Waals surface area contributed by atoms with Crippen molar-refractivity contribution in [1.82, 2.24) is 9.97 Å². The third kappa shape index (κ3) is 2.25. The van der Waals surface area contributed by atoms with Crippen molar-refractivity contribution in [2.45, 2.75) is 38.8 Å². The molecule has 0 spiro atoms. The number of hydrogen-bond donors (Lipinski definition) is 2. The molecule has 0 fully saturated rings. The van der Waals surface area contributed by atoms with E-state index in [1.54, 1.807) is 31.5 Å². The molecule has 0 atom stereocenters. The average molecular weight is 251 g/mol. The average Bonchev–Trinajstić information content (AvgIpc) is 2.64. The summed E-state index contributed by atoms with van der Waals surface area (Å²) in [6, 6.07) is 1.99. The van der Waals surface area contributed by atoms with Gasteiger partial charge in [-0.25, -0.2) is 9.97 Å². The molecular weight excluding hydrogens is 234 g/mol. The topological polar surface area (TPSA) is 58.0 Å². The van der Waals surface area contributed by atoms with Crippen LogP contribution in [0.4, 0.5) is 5.82 Å². The Morgan fingerprint density at radius 3 is 2.59 bits per heavy atom. The first-order valence-electron chi connectivity index (χ1n) is 5.50. The molecule has 0 saturated carbocycles. The van der Waals surface area contributed by atoms with Gasteiger partial charge in [-0.05, 0) is 39.1 Å². The first-order chi connectivity index (χ1) is 7.81. The SMILES string of the molecule is CC(C)(O)C(C)(C)Nc1ncnc2sccc12. The number of hydrogen-bond acceptors (Lipinski definition) is 5. The Morgan fingerprint density at radius 1 is 1.24 bits per heavy atom. The monoisotopic (exact) mass is 251 g/mol. The van der Waals surface area contributed by atoms with E-state index in [1.165, 1.54) is 0 Å². The van der Waals surface area contributed by atoms with Crippen LogP contribution in [0.3, 0.4) is 0 Å². The molecule has 0 aliphatic rings. The fourth-order valence-electron chi connectivity index (χ4n) is 1.34. The Labute approximate surface area is 105 Å². The molecule has 0 aliphatic heterocycles. The zero-order valence-corrected chi connectivity index (χ0v) is 11.3. The summed E-state index contributed by atoms with van der Waals surface area (Å²) >= 11 is 1.58. The van der Waals surface area contributed by atoms with Crippen molar-refractivity contribution in [2.75, 3.05) is 5.32 Å². The van der Waals surface area contributed by atoms with E-state index in [9.17, 15) is 5.11 Å². The number of thiophene rings is 1. The maximum Gasteiger partial charge on any atom is 0.138 e. The van der Waals surface area contributed by atoms with Gasteiger partial charge in [0.2, 0.25) is 0 Å². The van der Waals surface area contributed by atoms with E-state index in [0.29, 0.717) is 0 Å². The molecule has 0 amide bonds. The zero-order valence-electron chi connectivity index (χ0n) is 10.5. The molecule has 2 heterocycles. The number of aliphatic hydroxyl groups is 1. The van der Waals surface area contributed by atoms with Crippen molar-refractivity contribution in [3.8, 4) is 0 Å². The maximum atomic E-state index is 10.1. The number of nitrogens with zero attached hydrogens (tertiary/aromatic N) is 2. The number of nitrogens with one attached hydrogen (secondary N) is 1. The summed E-state index contributed by atoms with van der Waals surface area (Å²) in [6.07, 6.45) is 1.54. The lowest BCUT2D eigenvalue weighted by Crippen LogP contribution is -2.51. The van der Waals surface area contributed by atoms with E-state index in [0.717, 1.165) is 16.0 Å². The molecule has 17 heavy (non-hydrogen) atoms. The maximum absolute atomic E-state index is 10.1. The minimum atomic E-state index is -0.847. The number of rotatable bonds is 3. The normalized spacial score (nSPS) is 13.0. The Hall–Kier alpha value is -1.20. The molecule has 2 N–H and O–H groups in total. The van der Waals surface area contributed by atoms with Crippen molar-refractivity contribution < 1.29 is 5.11 Å². The molecule has 0 bridgehead atoms. The van der Waals surface area contributed by atoms with Crippen molar-refractivity contribution in [2.24, 2.45) is 0 Å². The van der Waals surface area contributed by atoms with Gasteiger partial charge in [-0.3, -0.25) is 0 Å². The summed E-state index contributed by atoms with van der Waals surface area (Å²) in [5.41, 5.74) is -1.32. The second-order valence-electron chi connectivity index (χ2n) is 5.17. The van der Waals surface area contributed by atoms with Crippen molar-refractivity contribution in [1.29, 1.82) is 0 Å². The molecule has 2 aromatic rings. The van der Waals surface area contributed by atoms with Crippen LogP contribution in [0.1, 0.15) is 27.7 Å². The van der Waals surface area contributed by atoms with E-state index >= 15 is 0 Å². The molecule has 2 aromatic heterocycles. The molecular formula is C12H17N3OS. The summed E-state index contributed by atoms with van der Waals surface area (Å²) in [6.45, 7) is 7.47. The fraction of sp³-hybridized carbons (Fsp3) is 0.500.